The molecule has 0 radical (unpaired) electrons. The van der Waals surface area contributed by atoms with Gasteiger partial charge >= 0.3 is 0 Å². The van der Waals surface area contributed by atoms with E-state index in [0.717, 1.165) is 11.1 Å². The van der Waals surface area contributed by atoms with Crippen molar-refractivity contribution in [3.63, 3.8) is 0 Å². The minimum atomic E-state index is -0.243. The summed E-state index contributed by atoms with van der Waals surface area (Å²) < 4.78 is 12.9. The molecule has 0 saturated heterocycles. The maximum atomic E-state index is 12.9. The Hall–Kier alpha value is -2.10. The third-order valence-electron chi connectivity index (χ3n) is 2.52. The number of aromatic amines is 1. The van der Waals surface area contributed by atoms with Crippen molar-refractivity contribution in [2.75, 3.05) is 5.73 Å². The molecule has 2 rings (SSSR count). The Balaban J connectivity index is 2.09. The Morgan fingerprint density at radius 1 is 1.12 bits per heavy atom. The smallest absolute Gasteiger partial charge is 0.249 e. The topological polar surface area (TPSA) is 58.9 Å². The van der Waals surface area contributed by atoms with Crippen molar-refractivity contribution in [1.82, 2.24) is 4.98 Å². The quantitative estimate of drug-likeness (QED) is 0.848. The van der Waals surface area contributed by atoms with E-state index in [1.54, 1.807) is 12.1 Å². The highest BCUT2D eigenvalue weighted by Crippen LogP contribution is 2.09. The zero-order valence-corrected chi connectivity index (χ0v) is 9.24. The van der Waals surface area contributed by atoms with Crippen molar-refractivity contribution in [1.29, 1.82) is 0 Å². The highest BCUT2D eigenvalue weighted by molar-refractivity contribution is 5.32. The number of anilines is 1. The molecular weight excluding hydrogens is 219 g/mol. The third-order valence-corrected chi connectivity index (χ3v) is 2.52. The molecule has 1 heterocycles. The Bertz CT molecular complexity index is 578. The van der Waals surface area contributed by atoms with Crippen LogP contribution in [0.3, 0.4) is 0 Å². The lowest BCUT2D eigenvalue weighted by molar-refractivity contribution is 0.625. The molecule has 3 nitrogen and oxygen atoms in total. The summed E-state index contributed by atoms with van der Waals surface area (Å²) in [4.78, 5) is 13.7. The molecule has 3 N–H and O–H groups in total. The first-order valence-corrected chi connectivity index (χ1v) is 5.36. The van der Waals surface area contributed by atoms with Gasteiger partial charge in [-0.1, -0.05) is 12.1 Å². The van der Waals surface area contributed by atoms with E-state index < -0.39 is 0 Å². The standard InChI is InChI=1S/C13H13FN2O/c14-11-3-1-2-9(6-11)4-5-10-7-12(15)16-13(17)8-10/h1-3,6-8H,4-5H2,(H3,15,16,17). The van der Waals surface area contributed by atoms with Gasteiger partial charge < -0.3 is 10.7 Å². The van der Waals surface area contributed by atoms with Crippen molar-refractivity contribution in [3.05, 3.63) is 63.7 Å². The van der Waals surface area contributed by atoms with Crippen molar-refractivity contribution in [2.45, 2.75) is 12.8 Å². The van der Waals surface area contributed by atoms with Crippen LogP contribution in [-0.2, 0) is 12.8 Å². The summed E-state index contributed by atoms with van der Waals surface area (Å²) >= 11 is 0. The second kappa shape index (κ2) is 4.82. The number of aromatic nitrogens is 1. The number of rotatable bonds is 3. The minimum absolute atomic E-state index is 0.209. The average molecular weight is 232 g/mol. The van der Waals surface area contributed by atoms with Crippen LogP contribution in [0.4, 0.5) is 10.2 Å². The summed E-state index contributed by atoms with van der Waals surface area (Å²) in [7, 11) is 0. The molecule has 4 heteroatoms. The van der Waals surface area contributed by atoms with Gasteiger partial charge in [-0.2, -0.15) is 0 Å². The number of hydrogen-bond acceptors (Lipinski definition) is 2. The largest absolute Gasteiger partial charge is 0.385 e. The van der Waals surface area contributed by atoms with Gasteiger partial charge in [0.05, 0.1) is 0 Å². The molecule has 0 aliphatic rings. The van der Waals surface area contributed by atoms with Gasteiger partial charge in [0.25, 0.3) is 0 Å². The molecule has 2 aromatic rings. The molecule has 17 heavy (non-hydrogen) atoms. The van der Waals surface area contributed by atoms with Crippen LogP contribution < -0.4 is 11.3 Å². The van der Waals surface area contributed by atoms with Gasteiger partial charge in [-0.3, -0.25) is 4.79 Å². The fourth-order valence-corrected chi connectivity index (χ4v) is 1.75. The number of halogens is 1. The molecule has 1 aromatic carbocycles. The zero-order valence-electron chi connectivity index (χ0n) is 9.24. The van der Waals surface area contributed by atoms with E-state index in [4.69, 9.17) is 5.73 Å². The molecule has 0 bridgehead atoms. The van der Waals surface area contributed by atoms with E-state index in [-0.39, 0.29) is 11.4 Å². The minimum Gasteiger partial charge on any atom is -0.385 e. The number of H-pyrrole nitrogens is 1. The highest BCUT2D eigenvalue weighted by Gasteiger charge is 1.99. The van der Waals surface area contributed by atoms with E-state index >= 15 is 0 Å². The second-order valence-electron chi connectivity index (χ2n) is 3.94. The number of nitrogens with one attached hydrogen (secondary N) is 1. The first kappa shape index (κ1) is 11.4. The first-order chi connectivity index (χ1) is 8.13. The van der Waals surface area contributed by atoms with Crippen LogP contribution in [0.15, 0.2) is 41.2 Å². The maximum Gasteiger partial charge on any atom is 0.249 e. The van der Waals surface area contributed by atoms with Crippen LogP contribution in [0.2, 0.25) is 0 Å². The number of benzene rings is 1. The number of nitrogens with two attached hydrogens (primary N) is 1. The Labute approximate surface area is 98.1 Å². The molecule has 0 unspecified atom stereocenters. The third kappa shape index (κ3) is 3.17. The van der Waals surface area contributed by atoms with Crippen LogP contribution in [-0.4, -0.2) is 4.98 Å². The second-order valence-corrected chi connectivity index (χ2v) is 3.94. The molecule has 88 valence electrons. The number of hydrogen-bond donors (Lipinski definition) is 2. The molecule has 1 aromatic heterocycles. The van der Waals surface area contributed by atoms with Crippen LogP contribution in [0.5, 0.6) is 0 Å². The predicted octanol–water partition coefficient (Wildman–Crippen LogP) is 1.88. The maximum absolute atomic E-state index is 12.9. The SMILES string of the molecule is Nc1cc(CCc2cccc(F)c2)cc(=O)[nH]1. The average Bonchev–Trinajstić information content (AvgIpc) is 2.25. The number of aryl methyl sites for hydroxylation is 2. The number of nitrogen functional groups attached to an aromatic ring is 1. The molecule has 0 aliphatic heterocycles. The summed E-state index contributed by atoms with van der Waals surface area (Å²) in [6, 6.07) is 9.68. The molecule has 0 fully saturated rings. The summed E-state index contributed by atoms with van der Waals surface area (Å²) in [5.41, 5.74) is 7.09. The molecular formula is C13H13FN2O. The van der Waals surface area contributed by atoms with Gasteiger partial charge in [0.15, 0.2) is 0 Å². The Kier molecular flexibility index (Phi) is 3.23. The Morgan fingerprint density at radius 3 is 2.59 bits per heavy atom. The van der Waals surface area contributed by atoms with Crippen molar-refractivity contribution in [2.24, 2.45) is 0 Å². The van der Waals surface area contributed by atoms with Gasteiger partial charge in [0.2, 0.25) is 5.56 Å². The van der Waals surface area contributed by atoms with Gasteiger partial charge in [0, 0.05) is 6.07 Å². The van der Waals surface area contributed by atoms with Crippen molar-refractivity contribution in [3.8, 4) is 0 Å². The fraction of sp³-hybridized carbons (Fsp3) is 0.154. The lowest BCUT2D eigenvalue weighted by Gasteiger charge is -2.03. The molecule has 0 spiro atoms. The summed E-state index contributed by atoms with van der Waals surface area (Å²) in [5.74, 6) is 0.111. The lowest BCUT2D eigenvalue weighted by atomic mass is 10.1. The van der Waals surface area contributed by atoms with E-state index in [1.807, 2.05) is 6.07 Å². The summed E-state index contributed by atoms with van der Waals surface area (Å²) in [6.07, 6.45) is 1.35. The first-order valence-electron chi connectivity index (χ1n) is 5.36. The summed E-state index contributed by atoms with van der Waals surface area (Å²) in [5, 5.41) is 0. The van der Waals surface area contributed by atoms with E-state index in [2.05, 4.69) is 4.98 Å². The zero-order chi connectivity index (χ0) is 12.3. The van der Waals surface area contributed by atoms with Gasteiger partial charge in [-0.25, -0.2) is 4.39 Å². The monoisotopic (exact) mass is 232 g/mol. The molecule has 0 aliphatic carbocycles. The molecule has 0 saturated carbocycles. The van der Waals surface area contributed by atoms with Crippen molar-refractivity contribution >= 4 is 5.82 Å². The Morgan fingerprint density at radius 2 is 1.88 bits per heavy atom. The fourth-order valence-electron chi connectivity index (χ4n) is 1.75. The predicted molar refractivity (Wildman–Crippen MR) is 65.3 cm³/mol. The van der Waals surface area contributed by atoms with Crippen LogP contribution in [0.1, 0.15) is 11.1 Å². The van der Waals surface area contributed by atoms with Crippen LogP contribution in [0, 0.1) is 5.82 Å². The number of pyridine rings is 1. The molecule has 0 atom stereocenters. The van der Waals surface area contributed by atoms with Gasteiger partial charge in [-0.15, -0.1) is 0 Å². The molecule has 0 amide bonds. The van der Waals surface area contributed by atoms with Crippen molar-refractivity contribution < 1.29 is 4.39 Å². The van der Waals surface area contributed by atoms with E-state index in [9.17, 15) is 9.18 Å². The van der Waals surface area contributed by atoms with Gasteiger partial charge in [-0.05, 0) is 42.2 Å². The summed E-state index contributed by atoms with van der Waals surface area (Å²) in [6.45, 7) is 0. The van der Waals surface area contributed by atoms with E-state index in [0.29, 0.717) is 18.7 Å². The van der Waals surface area contributed by atoms with E-state index in [1.165, 1.54) is 18.2 Å². The van der Waals surface area contributed by atoms with Crippen LogP contribution >= 0.6 is 0 Å². The van der Waals surface area contributed by atoms with Gasteiger partial charge in [0.1, 0.15) is 11.6 Å². The normalized spacial score (nSPS) is 10.4. The highest BCUT2D eigenvalue weighted by atomic mass is 19.1. The van der Waals surface area contributed by atoms with Crippen LogP contribution in [0.25, 0.3) is 0 Å². The lowest BCUT2D eigenvalue weighted by Crippen LogP contribution is -2.09.